The molecule has 1 atom stereocenters. The van der Waals surface area contributed by atoms with E-state index < -0.39 is 15.9 Å². The second-order valence-electron chi connectivity index (χ2n) is 6.37. The highest BCUT2D eigenvalue weighted by molar-refractivity contribution is 7.89. The summed E-state index contributed by atoms with van der Waals surface area (Å²) in [6, 6.07) is 4.10. The molecule has 1 aliphatic heterocycles. The van der Waals surface area contributed by atoms with Crippen molar-refractivity contribution >= 4 is 39.1 Å². The predicted octanol–water partition coefficient (Wildman–Crippen LogP) is 2.11. The van der Waals surface area contributed by atoms with Crippen LogP contribution in [0.15, 0.2) is 29.3 Å². The fraction of sp³-hybridized carbons (Fsp3) is 0.412. The minimum Gasteiger partial charge on any atom is -0.377 e. The summed E-state index contributed by atoms with van der Waals surface area (Å²) in [6.07, 6.45) is 3.04. The zero-order valence-corrected chi connectivity index (χ0v) is 17.4. The highest BCUT2D eigenvalue weighted by atomic mass is 35.5. The highest BCUT2D eigenvalue weighted by Gasteiger charge is 2.23. The molecule has 11 heteroatoms. The van der Waals surface area contributed by atoms with Crippen molar-refractivity contribution in [1.29, 1.82) is 0 Å². The number of sulfonamides is 1. The first kappa shape index (κ1) is 21.1. The van der Waals surface area contributed by atoms with E-state index in [1.54, 1.807) is 11.6 Å². The van der Waals surface area contributed by atoms with Crippen molar-refractivity contribution in [2.75, 3.05) is 13.2 Å². The van der Waals surface area contributed by atoms with E-state index in [4.69, 9.17) is 27.9 Å². The minimum absolute atomic E-state index is 0.0345. The Balaban J connectivity index is 1.70. The van der Waals surface area contributed by atoms with Gasteiger partial charge in [0.05, 0.1) is 23.9 Å². The number of aromatic nitrogens is 2. The maximum atomic E-state index is 12.6. The number of nitrogens with zero attached hydrogens (tertiary/aromatic N) is 2. The third kappa shape index (κ3) is 4.84. The lowest BCUT2D eigenvalue weighted by atomic mass is 10.2. The van der Waals surface area contributed by atoms with Gasteiger partial charge >= 0.3 is 0 Å². The number of imidazole rings is 1. The van der Waals surface area contributed by atoms with Crippen LogP contribution in [0.1, 0.15) is 29.0 Å². The predicted molar refractivity (Wildman–Crippen MR) is 105 cm³/mol. The van der Waals surface area contributed by atoms with Crippen LogP contribution in [0.2, 0.25) is 10.2 Å². The Bertz CT molecular complexity index is 972. The molecule has 8 nitrogen and oxygen atoms in total. The van der Waals surface area contributed by atoms with E-state index >= 15 is 0 Å². The average Bonchev–Trinajstić information content (AvgIpc) is 3.29. The second kappa shape index (κ2) is 8.79. The Morgan fingerprint density at radius 1 is 1.39 bits per heavy atom. The molecule has 1 amide bonds. The van der Waals surface area contributed by atoms with E-state index in [-0.39, 0.29) is 34.7 Å². The van der Waals surface area contributed by atoms with E-state index in [1.807, 2.05) is 0 Å². The van der Waals surface area contributed by atoms with Crippen LogP contribution < -0.4 is 10.0 Å². The third-order valence-corrected chi connectivity index (χ3v) is 6.70. The van der Waals surface area contributed by atoms with Gasteiger partial charge < -0.3 is 14.6 Å². The van der Waals surface area contributed by atoms with Crippen molar-refractivity contribution in [3.05, 3.63) is 46.0 Å². The molecule has 1 aromatic carbocycles. The molecule has 0 spiro atoms. The lowest BCUT2D eigenvalue weighted by Crippen LogP contribution is -2.32. The van der Waals surface area contributed by atoms with Crippen LogP contribution in [0, 0.1) is 0 Å². The van der Waals surface area contributed by atoms with Gasteiger partial charge in [-0.15, -0.1) is 0 Å². The Morgan fingerprint density at radius 3 is 2.82 bits per heavy atom. The quantitative estimate of drug-likeness (QED) is 0.677. The molecular formula is C17H20Cl2N4O4S. The van der Waals surface area contributed by atoms with Gasteiger partial charge in [0.2, 0.25) is 10.0 Å². The van der Waals surface area contributed by atoms with Crippen LogP contribution in [0.4, 0.5) is 0 Å². The Labute approximate surface area is 173 Å². The van der Waals surface area contributed by atoms with Gasteiger partial charge in [0, 0.05) is 25.8 Å². The van der Waals surface area contributed by atoms with E-state index in [0.29, 0.717) is 17.6 Å². The maximum Gasteiger partial charge on any atom is 0.251 e. The van der Waals surface area contributed by atoms with Gasteiger partial charge in [0.25, 0.3) is 5.91 Å². The first-order chi connectivity index (χ1) is 13.3. The number of carbonyl (C=O) groups excluding carboxylic acids is 1. The summed E-state index contributed by atoms with van der Waals surface area (Å²) in [4.78, 5) is 16.4. The van der Waals surface area contributed by atoms with E-state index in [0.717, 1.165) is 12.8 Å². The highest BCUT2D eigenvalue weighted by Crippen LogP contribution is 2.23. The second-order valence-corrected chi connectivity index (χ2v) is 8.90. The molecule has 2 heterocycles. The average molecular weight is 447 g/mol. The van der Waals surface area contributed by atoms with Gasteiger partial charge in [0.1, 0.15) is 15.9 Å². The number of amides is 1. The van der Waals surface area contributed by atoms with Crippen LogP contribution in [0.3, 0.4) is 0 Å². The van der Waals surface area contributed by atoms with Crippen LogP contribution >= 0.6 is 23.2 Å². The van der Waals surface area contributed by atoms with Crippen molar-refractivity contribution in [3.63, 3.8) is 0 Å². The van der Waals surface area contributed by atoms with Crippen LogP contribution in [0.5, 0.6) is 0 Å². The summed E-state index contributed by atoms with van der Waals surface area (Å²) in [5.74, 6) is 0.116. The number of hydrogen-bond acceptors (Lipinski definition) is 5. The van der Waals surface area contributed by atoms with Crippen LogP contribution in [-0.4, -0.2) is 43.1 Å². The van der Waals surface area contributed by atoms with Gasteiger partial charge in [-0.1, -0.05) is 23.2 Å². The number of halogens is 2. The topological polar surface area (TPSA) is 102 Å². The maximum absolute atomic E-state index is 12.6. The number of hydrogen-bond donors (Lipinski definition) is 2. The molecule has 1 fully saturated rings. The van der Waals surface area contributed by atoms with Gasteiger partial charge in [-0.05, 0) is 31.0 Å². The number of ether oxygens (including phenoxy) is 1. The standard InChI is InChI=1S/C17H20Cl2N4O4S/c1-23-15(19)9-20-16(23)10-21-17(24)11-4-5-13(18)14(7-11)28(25,26)22-8-12-3-2-6-27-12/h4-5,7,9,12,22H,2-3,6,8,10H2,1H3,(H,21,24)/t12-/m0/s1. The summed E-state index contributed by atoms with van der Waals surface area (Å²) in [5, 5.41) is 3.17. The minimum atomic E-state index is -3.88. The van der Waals surface area contributed by atoms with E-state index in [2.05, 4.69) is 15.0 Å². The lowest BCUT2D eigenvalue weighted by molar-refractivity contribution is 0.0949. The molecule has 1 saturated heterocycles. The SMILES string of the molecule is Cn1c(Cl)cnc1CNC(=O)c1ccc(Cl)c(S(=O)(=O)NC[C@@H]2CCCO2)c1. The fourth-order valence-electron chi connectivity index (χ4n) is 2.79. The lowest BCUT2D eigenvalue weighted by Gasteiger charge is -2.13. The molecule has 0 saturated carbocycles. The molecule has 0 unspecified atom stereocenters. The molecule has 152 valence electrons. The molecule has 0 bridgehead atoms. The summed E-state index contributed by atoms with van der Waals surface area (Å²) < 4.78 is 34.8. The number of nitrogens with one attached hydrogen (secondary N) is 2. The first-order valence-corrected chi connectivity index (χ1v) is 10.9. The molecule has 1 aliphatic rings. The molecule has 0 aliphatic carbocycles. The van der Waals surface area contributed by atoms with Crippen LogP contribution in [-0.2, 0) is 28.4 Å². The molecular weight excluding hydrogens is 427 g/mol. The summed E-state index contributed by atoms with van der Waals surface area (Å²) >= 11 is 12.0. The monoisotopic (exact) mass is 446 g/mol. The van der Waals surface area contributed by atoms with Crippen molar-refractivity contribution in [3.8, 4) is 0 Å². The zero-order valence-electron chi connectivity index (χ0n) is 15.1. The number of rotatable bonds is 7. The zero-order chi connectivity index (χ0) is 20.3. The van der Waals surface area contributed by atoms with Crippen molar-refractivity contribution < 1.29 is 17.9 Å². The van der Waals surface area contributed by atoms with E-state index in [1.165, 1.54) is 24.4 Å². The summed E-state index contributed by atoms with van der Waals surface area (Å²) in [5.41, 5.74) is 0.169. The molecule has 2 aromatic rings. The summed E-state index contributed by atoms with van der Waals surface area (Å²) in [7, 11) is -2.16. The molecule has 2 N–H and O–H groups in total. The number of benzene rings is 1. The van der Waals surface area contributed by atoms with Gasteiger partial charge in [-0.3, -0.25) is 4.79 Å². The molecule has 1 aromatic heterocycles. The van der Waals surface area contributed by atoms with Gasteiger partial charge in [-0.25, -0.2) is 18.1 Å². The normalized spacial score (nSPS) is 17.0. The van der Waals surface area contributed by atoms with Crippen molar-refractivity contribution in [2.45, 2.75) is 30.4 Å². The molecule has 0 radical (unpaired) electrons. The van der Waals surface area contributed by atoms with Gasteiger partial charge in [0.15, 0.2) is 0 Å². The largest absolute Gasteiger partial charge is 0.377 e. The fourth-order valence-corrected chi connectivity index (χ4v) is 4.52. The molecule has 28 heavy (non-hydrogen) atoms. The van der Waals surface area contributed by atoms with Crippen LogP contribution in [0.25, 0.3) is 0 Å². The van der Waals surface area contributed by atoms with E-state index in [9.17, 15) is 13.2 Å². The van der Waals surface area contributed by atoms with Crippen molar-refractivity contribution in [1.82, 2.24) is 19.6 Å². The smallest absolute Gasteiger partial charge is 0.251 e. The third-order valence-electron chi connectivity index (χ3n) is 4.44. The first-order valence-electron chi connectivity index (χ1n) is 8.63. The summed E-state index contributed by atoms with van der Waals surface area (Å²) in [6.45, 7) is 0.934. The molecule has 3 rings (SSSR count). The Morgan fingerprint density at radius 2 is 2.18 bits per heavy atom. The Kier molecular flexibility index (Phi) is 6.61. The number of carbonyl (C=O) groups is 1. The van der Waals surface area contributed by atoms with Gasteiger partial charge in [-0.2, -0.15) is 0 Å². The Hall–Kier alpha value is -1.65. The van der Waals surface area contributed by atoms with Crippen molar-refractivity contribution in [2.24, 2.45) is 7.05 Å².